The lowest BCUT2D eigenvalue weighted by atomic mass is 10.1. The number of amides is 1. The number of aromatic amines is 1. The number of para-hydroxylation sites is 1. The molecule has 0 aliphatic rings. The van der Waals surface area contributed by atoms with Crippen LogP contribution in [0.3, 0.4) is 0 Å². The van der Waals surface area contributed by atoms with Gasteiger partial charge in [0.15, 0.2) is 0 Å². The van der Waals surface area contributed by atoms with Crippen molar-refractivity contribution in [1.29, 1.82) is 5.26 Å². The number of furan rings is 1. The molecule has 0 bridgehead atoms. The summed E-state index contributed by atoms with van der Waals surface area (Å²) in [6.07, 6.45) is 5.88. The summed E-state index contributed by atoms with van der Waals surface area (Å²) in [5.74, 6) is 0.218. The Morgan fingerprint density at radius 1 is 1.38 bits per heavy atom. The number of aryl methyl sites for hydroxylation is 1. The maximum Gasteiger partial charge on any atom is 0.262 e. The highest BCUT2D eigenvalue weighted by atomic mass is 16.3. The maximum atomic E-state index is 12.2. The van der Waals surface area contributed by atoms with Gasteiger partial charge in [-0.25, -0.2) is 0 Å². The van der Waals surface area contributed by atoms with Crippen LogP contribution in [0.2, 0.25) is 0 Å². The minimum atomic E-state index is -0.421. The van der Waals surface area contributed by atoms with E-state index < -0.39 is 5.91 Å². The van der Waals surface area contributed by atoms with Crippen LogP contribution in [-0.2, 0) is 17.8 Å². The van der Waals surface area contributed by atoms with E-state index in [-0.39, 0.29) is 12.1 Å². The molecule has 2 heterocycles. The lowest BCUT2D eigenvalue weighted by Gasteiger charge is -2.02. The lowest BCUT2D eigenvalue weighted by molar-refractivity contribution is -0.117. The van der Waals surface area contributed by atoms with E-state index in [0.717, 1.165) is 22.9 Å². The molecule has 3 aromatic rings. The van der Waals surface area contributed by atoms with Gasteiger partial charge in [-0.3, -0.25) is 4.79 Å². The van der Waals surface area contributed by atoms with Crippen LogP contribution in [0.1, 0.15) is 23.8 Å². The summed E-state index contributed by atoms with van der Waals surface area (Å²) >= 11 is 0. The standard InChI is InChI=1S/C19H17N3O2/c1-2-13-5-3-7-17-15(11-21-18(13)17)9-14(10-20)19(23)22-12-16-6-4-8-24-16/h3-9,11,21H,2,12H2,1H3,(H,22,23). The Kier molecular flexibility index (Phi) is 4.48. The van der Waals surface area contributed by atoms with Crippen LogP contribution in [0.25, 0.3) is 17.0 Å². The smallest absolute Gasteiger partial charge is 0.262 e. The van der Waals surface area contributed by atoms with Crippen LogP contribution in [0.4, 0.5) is 0 Å². The van der Waals surface area contributed by atoms with Crippen molar-refractivity contribution in [3.05, 3.63) is 65.3 Å². The fourth-order valence-corrected chi connectivity index (χ4v) is 2.63. The SMILES string of the molecule is CCc1cccc2c(C=C(C#N)C(=O)NCc3ccco3)c[nH]c12. The monoisotopic (exact) mass is 319 g/mol. The Balaban J connectivity index is 1.85. The molecule has 3 rings (SSSR count). The molecular weight excluding hydrogens is 302 g/mol. The van der Waals surface area contributed by atoms with Crippen molar-refractivity contribution < 1.29 is 9.21 Å². The van der Waals surface area contributed by atoms with Crippen molar-refractivity contribution in [1.82, 2.24) is 10.3 Å². The van der Waals surface area contributed by atoms with Crippen LogP contribution >= 0.6 is 0 Å². The molecule has 5 heteroatoms. The van der Waals surface area contributed by atoms with Crippen molar-refractivity contribution >= 4 is 22.9 Å². The summed E-state index contributed by atoms with van der Waals surface area (Å²) in [7, 11) is 0. The van der Waals surface area contributed by atoms with Crippen LogP contribution in [0, 0.1) is 11.3 Å². The highest BCUT2D eigenvalue weighted by Gasteiger charge is 2.12. The predicted octanol–water partition coefficient (Wildman–Crippen LogP) is 3.55. The molecule has 24 heavy (non-hydrogen) atoms. The Morgan fingerprint density at radius 2 is 2.25 bits per heavy atom. The number of hydrogen-bond acceptors (Lipinski definition) is 3. The molecule has 0 radical (unpaired) electrons. The molecular formula is C19H17N3O2. The van der Waals surface area contributed by atoms with Gasteiger partial charge in [0, 0.05) is 22.7 Å². The Bertz CT molecular complexity index is 927. The minimum Gasteiger partial charge on any atom is -0.467 e. The molecule has 0 aliphatic carbocycles. The van der Waals surface area contributed by atoms with Gasteiger partial charge in [0.1, 0.15) is 17.4 Å². The number of H-pyrrole nitrogens is 1. The number of carbonyl (C=O) groups is 1. The second-order valence-electron chi connectivity index (χ2n) is 5.37. The molecule has 0 atom stereocenters. The third-order valence-electron chi connectivity index (χ3n) is 3.88. The molecule has 2 N–H and O–H groups in total. The number of fused-ring (bicyclic) bond motifs is 1. The number of rotatable bonds is 5. The van der Waals surface area contributed by atoms with Crippen LogP contribution < -0.4 is 5.32 Å². The second-order valence-corrected chi connectivity index (χ2v) is 5.37. The molecule has 0 saturated heterocycles. The van der Waals surface area contributed by atoms with E-state index in [1.54, 1.807) is 24.5 Å². The van der Waals surface area contributed by atoms with Crippen LogP contribution in [0.15, 0.2) is 52.8 Å². The number of benzene rings is 1. The van der Waals surface area contributed by atoms with Crippen molar-refractivity contribution in [2.45, 2.75) is 19.9 Å². The normalized spacial score (nSPS) is 11.4. The van der Waals surface area contributed by atoms with E-state index in [9.17, 15) is 10.1 Å². The first-order chi connectivity index (χ1) is 11.7. The molecule has 1 amide bonds. The number of aromatic nitrogens is 1. The average Bonchev–Trinajstić information content (AvgIpc) is 3.27. The first-order valence-corrected chi connectivity index (χ1v) is 7.74. The molecule has 0 unspecified atom stereocenters. The Hall–Kier alpha value is -3.26. The maximum absolute atomic E-state index is 12.2. The summed E-state index contributed by atoms with van der Waals surface area (Å²) in [4.78, 5) is 15.4. The summed E-state index contributed by atoms with van der Waals surface area (Å²) in [6, 6.07) is 11.5. The van der Waals surface area contributed by atoms with Gasteiger partial charge in [-0.1, -0.05) is 25.1 Å². The fourth-order valence-electron chi connectivity index (χ4n) is 2.63. The second kappa shape index (κ2) is 6.88. The van der Waals surface area contributed by atoms with Gasteiger partial charge in [0.25, 0.3) is 5.91 Å². The Morgan fingerprint density at radius 3 is 2.96 bits per heavy atom. The molecule has 120 valence electrons. The van der Waals surface area contributed by atoms with Crippen molar-refractivity contribution in [2.24, 2.45) is 0 Å². The molecule has 2 aromatic heterocycles. The lowest BCUT2D eigenvalue weighted by Crippen LogP contribution is -2.23. The summed E-state index contributed by atoms with van der Waals surface area (Å²) in [6.45, 7) is 2.34. The summed E-state index contributed by atoms with van der Waals surface area (Å²) in [5.41, 5.74) is 3.13. The van der Waals surface area contributed by atoms with Gasteiger partial charge in [-0.2, -0.15) is 5.26 Å². The van der Waals surface area contributed by atoms with E-state index in [4.69, 9.17) is 4.42 Å². The molecule has 0 fully saturated rings. The largest absolute Gasteiger partial charge is 0.467 e. The van der Waals surface area contributed by atoms with Gasteiger partial charge in [-0.15, -0.1) is 0 Å². The number of nitrogens with one attached hydrogen (secondary N) is 2. The van der Waals surface area contributed by atoms with E-state index in [2.05, 4.69) is 23.3 Å². The molecule has 5 nitrogen and oxygen atoms in total. The summed E-state index contributed by atoms with van der Waals surface area (Å²) < 4.78 is 5.16. The minimum absolute atomic E-state index is 0.0596. The molecule has 0 aliphatic heterocycles. The van der Waals surface area contributed by atoms with E-state index in [0.29, 0.717) is 5.76 Å². The number of nitrogens with zero attached hydrogens (tertiary/aromatic N) is 1. The first kappa shape index (κ1) is 15.6. The molecule has 0 spiro atoms. The number of carbonyl (C=O) groups excluding carboxylic acids is 1. The molecule has 0 saturated carbocycles. The topological polar surface area (TPSA) is 81.8 Å². The Labute approximate surface area is 139 Å². The zero-order chi connectivity index (χ0) is 16.9. The molecule has 1 aromatic carbocycles. The zero-order valence-corrected chi connectivity index (χ0v) is 13.3. The van der Waals surface area contributed by atoms with Crippen molar-refractivity contribution in [2.75, 3.05) is 0 Å². The summed E-state index contributed by atoms with van der Waals surface area (Å²) in [5, 5.41) is 13.0. The van der Waals surface area contributed by atoms with Crippen molar-refractivity contribution in [3.63, 3.8) is 0 Å². The van der Waals surface area contributed by atoms with Gasteiger partial charge in [0.05, 0.1) is 12.8 Å². The zero-order valence-electron chi connectivity index (χ0n) is 13.3. The highest BCUT2D eigenvalue weighted by Crippen LogP contribution is 2.24. The van der Waals surface area contributed by atoms with Gasteiger partial charge < -0.3 is 14.7 Å². The van der Waals surface area contributed by atoms with Crippen molar-refractivity contribution in [3.8, 4) is 6.07 Å². The fraction of sp³-hybridized carbons (Fsp3) is 0.158. The quantitative estimate of drug-likeness (QED) is 0.557. The highest BCUT2D eigenvalue weighted by molar-refractivity contribution is 6.04. The van der Waals surface area contributed by atoms with Crippen LogP contribution in [-0.4, -0.2) is 10.9 Å². The average molecular weight is 319 g/mol. The van der Waals surface area contributed by atoms with E-state index >= 15 is 0 Å². The third-order valence-corrected chi connectivity index (χ3v) is 3.88. The number of nitriles is 1. The van der Waals surface area contributed by atoms with Crippen LogP contribution in [0.5, 0.6) is 0 Å². The van der Waals surface area contributed by atoms with Gasteiger partial charge in [-0.05, 0) is 30.2 Å². The van der Waals surface area contributed by atoms with Gasteiger partial charge >= 0.3 is 0 Å². The predicted molar refractivity (Wildman–Crippen MR) is 91.8 cm³/mol. The van der Waals surface area contributed by atoms with E-state index in [1.165, 1.54) is 5.56 Å². The van der Waals surface area contributed by atoms with E-state index in [1.807, 2.05) is 24.4 Å². The third kappa shape index (κ3) is 3.08. The number of hydrogen-bond donors (Lipinski definition) is 2. The first-order valence-electron chi connectivity index (χ1n) is 7.74. The van der Waals surface area contributed by atoms with Gasteiger partial charge in [0.2, 0.25) is 0 Å².